The van der Waals surface area contributed by atoms with Gasteiger partial charge in [0.2, 0.25) is 11.9 Å². The number of benzene rings is 2. The minimum absolute atomic E-state index is 0.113. The number of aromatic amines is 2. The molecule has 0 radical (unpaired) electrons. The number of nitrogens with zero attached hydrogens (tertiary/aromatic N) is 2. The molecule has 2 aromatic heterocycles. The highest BCUT2D eigenvalue weighted by Crippen LogP contribution is 2.23. The van der Waals surface area contributed by atoms with Gasteiger partial charge in [0.1, 0.15) is 8.95 Å². The summed E-state index contributed by atoms with van der Waals surface area (Å²) in [5.41, 5.74) is 13.2. The molecule has 10 heteroatoms. The van der Waals surface area contributed by atoms with Crippen LogP contribution in [0.4, 0.5) is 11.9 Å². The second kappa shape index (κ2) is 9.51. The van der Waals surface area contributed by atoms with Gasteiger partial charge < -0.3 is 11.5 Å². The van der Waals surface area contributed by atoms with E-state index in [2.05, 4.69) is 51.8 Å². The van der Waals surface area contributed by atoms with E-state index >= 15 is 0 Å². The van der Waals surface area contributed by atoms with Crippen LogP contribution in [0.5, 0.6) is 0 Å². The largest absolute Gasteiger partial charge is 0.369 e. The predicted molar refractivity (Wildman–Crippen MR) is 125 cm³/mol. The fraction of sp³-hybridized carbons (Fsp3) is 0. The number of H-pyrrole nitrogens is 2. The second-order valence-corrected chi connectivity index (χ2v) is 7.55. The summed E-state index contributed by atoms with van der Waals surface area (Å²) < 4.78 is 0.783. The van der Waals surface area contributed by atoms with Gasteiger partial charge >= 0.3 is 0 Å². The average molecular weight is 532 g/mol. The van der Waals surface area contributed by atoms with E-state index in [1.54, 1.807) is 0 Å². The lowest BCUT2D eigenvalue weighted by Gasteiger charge is -2.03. The standard InChI is InChI=1S/2C10H8BrN3O/c2*11-7-8(6-4-2-1-3-5-6)13-10(12)14-9(7)15/h2*1-5H,(H3,12,13,14,15). The number of nitrogens with one attached hydrogen (secondary N) is 2. The van der Waals surface area contributed by atoms with Crippen molar-refractivity contribution in [2.45, 2.75) is 0 Å². The third-order valence-corrected chi connectivity index (χ3v) is 5.33. The van der Waals surface area contributed by atoms with Gasteiger partial charge in [-0.15, -0.1) is 0 Å². The highest BCUT2D eigenvalue weighted by Gasteiger charge is 2.10. The SMILES string of the molecule is Nc1nc(-c2ccccc2)c(Br)c(=O)[nH]1.Nc1nc(-c2ccccc2)c(Br)c(=O)[nH]1. The molecular weight excluding hydrogens is 516 g/mol. The topological polar surface area (TPSA) is 144 Å². The summed E-state index contributed by atoms with van der Waals surface area (Å²) in [5, 5.41) is 0. The van der Waals surface area contributed by atoms with Crippen molar-refractivity contribution < 1.29 is 0 Å². The second-order valence-electron chi connectivity index (χ2n) is 5.96. The van der Waals surface area contributed by atoms with Gasteiger partial charge in [0.15, 0.2) is 0 Å². The molecule has 0 saturated heterocycles. The lowest BCUT2D eigenvalue weighted by Crippen LogP contribution is -2.13. The summed E-state index contributed by atoms with van der Waals surface area (Å²) in [6, 6.07) is 18.8. The molecule has 8 nitrogen and oxygen atoms in total. The summed E-state index contributed by atoms with van der Waals surface area (Å²) in [4.78, 5) is 35.8. The highest BCUT2D eigenvalue weighted by molar-refractivity contribution is 9.10. The van der Waals surface area contributed by atoms with Crippen molar-refractivity contribution in [2.75, 3.05) is 11.5 Å². The summed E-state index contributed by atoms with van der Waals surface area (Å²) in [6.45, 7) is 0. The molecule has 0 amide bonds. The van der Waals surface area contributed by atoms with E-state index in [9.17, 15) is 9.59 Å². The number of halogens is 2. The van der Waals surface area contributed by atoms with E-state index in [0.717, 1.165) is 11.1 Å². The zero-order chi connectivity index (χ0) is 21.7. The molecule has 0 aliphatic rings. The molecule has 4 rings (SSSR count). The first-order valence-electron chi connectivity index (χ1n) is 8.58. The van der Waals surface area contributed by atoms with Gasteiger partial charge in [-0.2, -0.15) is 0 Å². The van der Waals surface area contributed by atoms with Gasteiger partial charge in [-0.05, 0) is 31.9 Å². The van der Waals surface area contributed by atoms with Crippen LogP contribution >= 0.6 is 31.9 Å². The van der Waals surface area contributed by atoms with Crippen LogP contribution < -0.4 is 22.6 Å². The van der Waals surface area contributed by atoms with Crippen LogP contribution in [0.3, 0.4) is 0 Å². The first kappa shape index (κ1) is 21.5. The Hall–Kier alpha value is -3.24. The molecule has 0 aliphatic carbocycles. The Morgan fingerprint density at radius 2 is 0.967 bits per heavy atom. The summed E-state index contributed by atoms with van der Waals surface area (Å²) >= 11 is 6.38. The molecule has 0 saturated carbocycles. The van der Waals surface area contributed by atoms with Crippen LogP contribution in [0.2, 0.25) is 0 Å². The van der Waals surface area contributed by atoms with Crippen molar-refractivity contribution in [1.29, 1.82) is 0 Å². The number of anilines is 2. The lowest BCUT2D eigenvalue weighted by atomic mass is 10.1. The number of nitrogen functional groups attached to an aromatic ring is 2. The molecule has 4 aromatic rings. The predicted octanol–water partition coefficient (Wildman–Crippen LogP) is 3.56. The average Bonchev–Trinajstić information content (AvgIpc) is 2.75. The summed E-state index contributed by atoms with van der Waals surface area (Å²) in [7, 11) is 0. The molecule has 0 atom stereocenters. The van der Waals surface area contributed by atoms with Crippen molar-refractivity contribution in [2.24, 2.45) is 0 Å². The Morgan fingerprint density at radius 3 is 1.30 bits per heavy atom. The quantitative estimate of drug-likeness (QED) is 0.311. The lowest BCUT2D eigenvalue weighted by molar-refractivity contribution is 1.12. The van der Waals surface area contributed by atoms with Crippen LogP contribution in [-0.4, -0.2) is 19.9 Å². The molecule has 0 aliphatic heterocycles. The molecular formula is C20H16Br2N6O2. The highest BCUT2D eigenvalue weighted by atomic mass is 79.9. The molecule has 152 valence electrons. The molecule has 0 spiro atoms. The number of nitrogens with two attached hydrogens (primary N) is 2. The van der Waals surface area contributed by atoms with Crippen LogP contribution in [0.1, 0.15) is 0 Å². The van der Waals surface area contributed by atoms with Gasteiger partial charge in [-0.25, -0.2) is 9.97 Å². The van der Waals surface area contributed by atoms with E-state index in [4.69, 9.17) is 11.5 Å². The van der Waals surface area contributed by atoms with Crippen LogP contribution in [-0.2, 0) is 0 Å². The van der Waals surface area contributed by atoms with Crippen LogP contribution in [0.25, 0.3) is 22.5 Å². The third-order valence-electron chi connectivity index (χ3n) is 3.86. The Bertz CT molecular complexity index is 1170. The monoisotopic (exact) mass is 530 g/mol. The van der Waals surface area contributed by atoms with Gasteiger partial charge in [0, 0.05) is 11.1 Å². The summed E-state index contributed by atoms with van der Waals surface area (Å²) in [5.74, 6) is 0.226. The Morgan fingerprint density at radius 1 is 0.633 bits per heavy atom. The number of hydrogen-bond donors (Lipinski definition) is 4. The minimum Gasteiger partial charge on any atom is -0.369 e. The normalized spacial score (nSPS) is 10.2. The van der Waals surface area contributed by atoms with Crippen LogP contribution in [0.15, 0.2) is 79.2 Å². The van der Waals surface area contributed by atoms with Gasteiger partial charge in [0.25, 0.3) is 11.1 Å². The van der Waals surface area contributed by atoms with Crippen LogP contribution in [0, 0.1) is 0 Å². The number of hydrogen-bond acceptors (Lipinski definition) is 6. The Kier molecular flexibility index (Phi) is 6.80. The number of aromatic nitrogens is 4. The van der Waals surface area contributed by atoms with Crippen molar-refractivity contribution in [3.05, 3.63) is 90.3 Å². The molecule has 2 aromatic carbocycles. The molecule has 6 N–H and O–H groups in total. The van der Waals surface area contributed by atoms with Crippen molar-refractivity contribution in [3.63, 3.8) is 0 Å². The van der Waals surface area contributed by atoms with E-state index in [0.29, 0.717) is 20.3 Å². The maximum absolute atomic E-state index is 11.4. The van der Waals surface area contributed by atoms with E-state index in [-0.39, 0.29) is 23.0 Å². The zero-order valence-corrected chi connectivity index (χ0v) is 18.6. The molecule has 2 heterocycles. The first-order chi connectivity index (χ1) is 14.4. The van der Waals surface area contributed by atoms with Crippen molar-refractivity contribution >= 4 is 43.8 Å². The molecule has 0 fully saturated rings. The zero-order valence-electron chi connectivity index (χ0n) is 15.4. The van der Waals surface area contributed by atoms with Crippen molar-refractivity contribution in [3.8, 4) is 22.5 Å². The fourth-order valence-electron chi connectivity index (χ4n) is 2.53. The van der Waals surface area contributed by atoms with E-state index in [1.165, 1.54) is 0 Å². The summed E-state index contributed by atoms with van der Waals surface area (Å²) in [6.07, 6.45) is 0. The van der Waals surface area contributed by atoms with E-state index in [1.807, 2.05) is 60.7 Å². The molecule has 30 heavy (non-hydrogen) atoms. The smallest absolute Gasteiger partial charge is 0.267 e. The van der Waals surface area contributed by atoms with Gasteiger partial charge in [0.05, 0.1) is 11.4 Å². The maximum atomic E-state index is 11.4. The molecule has 0 bridgehead atoms. The van der Waals surface area contributed by atoms with Crippen molar-refractivity contribution in [1.82, 2.24) is 19.9 Å². The minimum atomic E-state index is -0.277. The third kappa shape index (κ3) is 5.02. The van der Waals surface area contributed by atoms with Gasteiger partial charge in [-0.3, -0.25) is 19.6 Å². The van der Waals surface area contributed by atoms with Gasteiger partial charge in [-0.1, -0.05) is 60.7 Å². The maximum Gasteiger partial charge on any atom is 0.267 e. The Labute approximate surface area is 187 Å². The fourth-order valence-corrected chi connectivity index (χ4v) is 3.36. The Balaban J connectivity index is 0.000000171. The number of rotatable bonds is 2. The van der Waals surface area contributed by atoms with E-state index < -0.39 is 0 Å². The first-order valence-corrected chi connectivity index (χ1v) is 10.2. The molecule has 0 unspecified atom stereocenters.